The number of hydrogen-bond donors (Lipinski definition) is 1. The maximum absolute atomic E-state index is 11.9. The van der Waals surface area contributed by atoms with Gasteiger partial charge in [-0.25, -0.2) is 8.42 Å². The molecule has 0 aliphatic heterocycles. The second-order valence-electron chi connectivity index (χ2n) is 4.37. The van der Waals surface area contributed by atoms with Crippen LogP contribution in [-0.2, 0) is 10.0 Å². The summed E-state index contributed by atoms with van der Waals surface area (Å²) in [6.45, 7) is 1.95. The minimum absolute atomic E-state index is 0.436. The van der Waals surface area contributed by atoms with E-state index in [-0.39, 0.29) is 0 Å². The Kier molecular flexibility index (Phi) is 4.47. The van der Waals surface area contributed by atoms with Crippen molar-refractivity contribution in [3.05, 3.63) is 70.1 Å². The Hall–Kier alpha value is -1.78. The van der Waals surface area contributed by atoms with Crippen molar-refractivity contribution in [1.82, 2.24) is 0 Å². The molecular weight excluding hydrogens is 294 g/mol. The first-order valence-electron chi connectivity index (χ1n) is 5.98. The van der Waals surface area contributed by atoms with Gasteiger partial charge >= 0.3 is 0 Å². The molecule has 5 heteroatoms. The lowest BCUT2D eigenvalue weighted by atomic mass is 10.1. The number of sulfonamides is 1. The van der Waals surface area contributed by atoms with Crippen molar-refractivity contribution < 1.29 is 8.42 Å². The third kappa shape index (κ3) is 4.40. The van der Waals surface area contributed by atoms with Gasteiger partial charge in [-0.15, -0.1) is 0 Å². The third-order valence-electron chi connectivity index (χ3n) is 2.57. The molecule has 20 heavy (non-hydrogen) atoms. The highest BCUT2D eigenvalue weighted by atomic mass is 35.5. The van der Waals surface area contributed by atoms with E-state index in [9.17, 15) is 8.42 Å². The average molecular weight is 308 g/mol. The summed E-state index contributed by atoms with van der Waals surface area (Å²) in [5.74, 6) is 0. The molecule has 0 spiro atoms. The van der Waals surface area contributed by atoms with Crippen molar-refractivity contribution in [3.8, 4) is 0 Å². The van der Waals surface area contributed by atoms with Gasteiger partial charge < -0.3 is 0 Å². The van der Waals surface area contributed by atoms with Crippen LogP contribution in [0.4, 0.5) is 5.69 Å². The Balaban J connectivity index is 2.15. The highest BCUT2D eigenvalue weighted by Gasteiger charge is 2.05. The quantitative estimate of drug-likeness (QED) is 0.926. The SMILES string of the molecule is Cc1cccc(/C=C/S(=O)(=O)Nc2cccc(Cl)c2)c1. The lowest BCUT2D eigenvalue weighted by Crippen LogP contribution is -2.08. The van der Waals surface area contributed by atoms with Crippen molar-refractivity contribution in [2.75, 3.05) is 4.72 Å². The number of hydrogen-bond acceptors (Lipinski definition) is 2. The molecule has 0 bridgehead atoms. The van der Waals surface area contributed by atoms with Gasteiger partial charge in [0.15, 0.2) is 0 Å². The standard InChI is InChI=1S/C15H14ClNO2S/c1-12-4-2-5-13(10-12)8-9-20(18,19)17-15-7-3-6-14(16)11-15/h2-11,17H,1H3/b9-8+. The molecule has 3 nitrogen and oxygen atoms in total. The van der Waals surface area contributed by atoms with Gasteiger partial charge in [0.1, 0.15) is 0 Å². The molecule has 0 heterocycles. The molecule has 2 aromatic rings. The Bertz CT molecular complexity index is 739. The number of aryl methyl sites for hydroxylation is 1. The Morgan fingerprint density at radius 2 is 1.85 bits per heavy atom. The van der Waals surface area contributed by atoms with E-state index in [0.717, 1.165) is 16.5 Å². The van der Waals surface area contributed by atoms with Gasteiger partial charge in [-0.05, 0) is 36.8 Å². The van der Waals surface area contributed by atoms with E-state index in [4.69, 9.17) is 11.6 Å². The van der Waals surface area contributed by atoms with E-state index in [1.165, 1.54) is 0 Å². The third-order valence-corrected chi connectivity index (χ3v) is 3.82. The van der Waals surface area contributed by atoms with Crippen LogP contribution in [0.3, 0.4) is 0 Å². The zero-order valence-electron chi connectivity index (χ0n) is 10.9. The summed E-state index contributed by atoms with van der Waals surface area (Å²) in [5, 5.41) is 1.62. The van der Waals surface area contributed by atoms with Gasteiger partial charge in [0.25, 0.3) is 10.0 Å². The first-order valence-corrected chi connectivity index (χ1v) is 7.90. The molecule has 0 aliphatic carbocycles. The van der Waals surface area contributed by atoms with Crippen LogP contribution in [0.15, 0.2) is 53.9 Å². The predicted molar refractivity (Wildman–Crippen MR) is 84.2 cm³/mol. The Morgan fingerprint density at radius 3 is 2.55 bits per heavy atom. The molecule has 0 radical (unpaired) electrons. The largest absolute Gasteiger partial charge is 0.280 e. The van der Waals surface area contributed by atoms with E-state index in [0.29, 0.717) is 10.7 Å². The number of rotatable bonds is 4. The number of benzene rings is 2. The second-order valence-corrected chi connectivity index (χ2v) is 6.38. The molecule has 0 fully saturated rings. The first-order chi connectivity index (χ1) is 9.44. The molecule has 2 rings (SSSR count). The molecule has 0 saturated heterocycles. The first kappa shape index (κ1) is 14.6. The lowest BCUT2D eigenvalue weighted by Gasteiger charge is -2.04. The summed E-state index contributed by atoms with van der Waals surface area (Å²) in [4.78, 5) is 0. The topological polar surface area (TPSA) is 46.2 Å². The maximum Gasteiger partial charge on any atom is 0.255 e. The summed E-state index contributed by atoms with van der Waals surface area (Å²) in [6, 6.07) is 14.2. The van der Waals surface area contributed by atoms with Crippen molar-refractivity contribution >= 4 is 33.4 Å². The summed E-state index contributed by atoms with van der Waals surface area (Å²) in [6.07, 6.45) is 1.56. The summed E-state index contributed by atoms with van der Waals surface area (Å²) in [5.41, 5.74) is 2.35. The minimum atomic E-state index is -3.55. The molecule has 0 amide bonds. The fourth-order valence-electron chi connectivity index (χ4n) is 1.69. The molecule has 1 N–H and O–H groups in total. The zero-order valence-corrected chi connectivity index (χ0v) is 12.4. The number of nitrogens with one attached hydrogen (secondary N) is 1. The van der Waals surface area contributed by atoms with Crippen LogP contribution < -0.4 is 4.72 Å². The summed E-state index contributed by atoms with van der Waals surface area (Å²) < 4.78 is 26.3. The number of halogens is 1. The van der Waals surface area contributed by atoms with Crippen LogP contribution in [0.2, 0.25) is 5.02 Å². The van der Waals surface area contributed by atoms with Crippen LogP contribution in [0.25, 0.3) is 6.08 Å². The van der Waals surface area contributed by atoms with Gasteiger partial charge in [0, 0.05) is 5.02 Å². The van der Waals surface area contributed by atoms with Crippen molar-refractivity contribution in [2.24, 2.45) is 0 Å². The predicted octanol–water partition coefficient (Wildman–Crippen LogP) is 4.06. The monoisotopic (exact) mass is 307 g/mol. The molecule has 0 unspecified atom stereocenters. The highest BCUT2D eigenvalue weighted by molar-refractivity contribution is 7.95. The normalized spacial score (nSPS) is 11.7. The van der Waals surface area contributed by atoms with E-state index in [1.807, 2.05) is 31.2 Å². The molecule has 0 atom stereocenters. The Morgan fingerprint density at radius 1 is 1.10 bits per heavy atom. The van der Waals surface area contributed by atoms with Crippen LogP contribution in [-0.4, -0.2) is 8.42 Å². The van der Waals surface area contributed by atoms with Crippen molar-refractivity contribution in [1.29, 1.82) is 0 Å². The van der Waals surface area contributed by atoms with Crippen LogP contribution in [0, 0.1) is 6.92 Å². The molecule has 0 saturated carbocycles. The molecule has 0 aliphatic rings. The molecular formula is C15H14ClNO2S. The summed E-state index contributed by atoms with van der Waals surface area (Å²) >= 11 is 5.81. The highest BCUT2D eigenvalue weighted by Crippen LogP contribution is 2.17. The Labute approximate surface area is 124 Å². The van der Waals surface area contributed by atoms with Gasteiger partial charge in [-0.2, -0.15) is 0 Å². The van der Waals surface area contributed by atoms with Gasteiger partial charge in [0.2, 0.25) is 0 Å². The average Bonchev–Trinajstić information content (AvgIpc) is 2.36. The smallest absolute Gasteiger partial charge is 0.255 e. The van der Waals surface area contributed by atoms with Gasteiger partial charge in [-0.1, -0.05) is 47.5 Å². The van der Waals surface area contributed by atoms with Crippen LogP contribution >= 0.6 is 11.6 Å². The van der Waals surface area contributed by atoms with Gasteiger partial charge in [0.05, 0.1) is 11.1 Å². The van der Waals surface area contributed by atoms with E-state index >= 15 is 0 Å². The van der Waals surface area contributed by atoms with Crippen LogP contribution in [0.5, 0.6) is 0 Å². The summed E-state index contributed by atoms with van der Waals surface area (Å²) in [7, 11) is -3.55. The van der Waals surface area contributed by atoms with E-state index in [1.54, 1.807) is 30.3 Å². The van der Waals surface area contributed by atoms with Crippen LogP contribution in [0.1, 0.15) is 11.1 Å². The number of anilines is 1. The van der Waals surface area contributed by atoms with Crippen molar-refractivity contribution in [2.45, 2.75) is 6.92 Å². The zero-order chi connectivity index (χ0) is 14.6. The van der Waals surface area contributed by atoms with E-state index in [2.05, 4.69) is 4.72 Å². The van der Waals surface area contributed by atoms with Crippen molar-refractivity contribution in [3.63, 3.8) is 0 Å². The second kappa shape index (κ2) is 6.11. The van der Waals surface area contributed by atoms with Gasteiger partial charge in [-0.3, -0.25) is 4.72 Å². The minimum Gasteiger partial charge on any atom is -0.280 e. The molecule has 2 aromatic carbocycles. The van der Waals surface area contributed by atoms with E-state index < -0.39 is 10.0 Å². The molecule has 104 valence electrons. The molecule has 0 aromatic heterocycles. The maximum atomic E-state index is 11.9. The fraction of sp³-hybridized carbons (Fsp3) is 0.0667. The lowest BCUT2D eigenvalue weighted by molar-refractivity contribution is 0.609. The fourth-order valence-corrected chi connectivity index (χ4v) is 2.74.